The summed E-state index contributed by atoms with van der Waals surface area (Å²) in [6.45, 7) is 13.7. The van der Waals surface area contributed by atoms with Gasteiger partial charge in [-0.3, -0.25) is 4.89 Å². The molecule has 0 amide bonds. The van der Waals surface area contributed by atoms with E-state index in [2.05, 4.69) is 30.7 Å². The lowest BCUT2D eigenvalue weighted by atomic mass is 9.84. The third-order valence-electron chi connectivity index (χ3n) is 2.81. The van der Waals surface area contributed by atoms with Crippen LogP contribution in [0.4, 0.5) is 0 Å². The van der Waals surface area contributed by atoms with Crippen LogP contribution in [-0.4, -0.2) is 16.4 Å². The van der Waals surface area contributed by atoms with Gasteiger partial charge in [-0.15, -0.1) is 11.6 Å². The van der Waals surface area contributed by atoms with Crippen LogP contribution in [0.15, 0.2) is 0 Å². The van der Waals surface area contributed by atoms with Crippen molar-refractivity contribution in [2.45, 2.75) is 78.2 Å². The van der Waals surface area contributed by atoms with E-state index in [0.717, 1.165) is 6.42 Å². The topological polar surface area (TPSA) is 44.8 Å². The van der Waals surface area contributed by atoms with Crippen molar-refractivity contribution in [2.75, 3.05) is 0 Å². The normalized spacial score (nSPS) is 13.5. The summed E-state index contributed by atoms with van der Waals surface area (Å²) in [4.78, 5) is 20.5. The average molecular weight is 295 g/mol. The summed E-state index contributed by atoms with van der Waals surface area (Å²) in [5.74, 6) is -0.620. The highest BCUT2D eigenvalue weighted by molar-refractivity contribution is 6.33. The molecule has 0 rings (SSSR count). The van der Waals surface area contributed by atoms with Crippen LogP contribution in [0.1, 0.15) is 67.7 Å². The quantitative estimate of drug-likeness (QED) is 0.396. The number of alkyl halides is 1. The van der Waals surface area contributed by atoms with E-state index in [4.69, 9.17) is 16.5 Å². The minimum absolute atomic E-state index is 0.0833. The predicted molar refractivity (Wildman–Crippen MR) is 75.6 cm³/mol. The van der Waals surface area contributed by atoms with E-state index in [1.54, 1.807) is 0 Å². The molecular formula is C14H27ClO4. The first kappa shape index (κ1) is 18.7. The van der Waals surface area contributed by atoms with Gasteiger partial charge in [-0.1, -0.05) is 34.6 Å². The van der Waals surface area contributed by atoms with E-state index in [9.17, 15) is 4.79 Å². The second kappa shape index (κ2) is 6.91. The van der Waals surface area contributed by atoms with Crippen molar-refractivity contribution in [3.05, 3.63) is 0 Å². The Kier molecular flexibility index (Phi) is 6.79. The minimum Gasteiger partial charge on any atom is -0.267 e. The molecule has 0 aromatic heterocycles. The molecule has 0 aromatic rings. The van der Waals surface area contributed by atoms with Crippen LogP contribution < -0.4 is 0 Å². The molecule has 114 valence electrons. The fraction of sp³-hybridized carbons (Fsp3) is 0.929. The molecule has 0 atom stereocenters. The standard InChI is InChI=1S/C14H27ClO4/c1-8-14(15,9-2)11(16)17-19-18-13(6,7)10-12(3,4)5/h8-10H2,1-7H3. The summed E-state index contributed by atoms with van der Waals surface area (Å²) >= 11 is 6.11. The molecule has 0 heterocycles. The monoisotopic (exact) mass is 294 g/mol. The number of hydrogen-bond acceptors (Lipinski definition) is 4. The Morgan fingerprint density at radius 2 is 1.53 bits per heavy atom. The van der Waals surface area contributed by atoms with E-state index in [0.29, 0.717) is 12.8 Å². The third-order valence-corrected chi connectivity index (χ3v) is 3.50. The summed E-state index contributed by atoms with van der Waals surface area (Å²) in [7, 11) is 0. The summed E-state index contributed by atoms with van der Waals surface area (Å²) in [5, 5.41) is 4.62. The number of carbonyl (C=O) groups is 1. The van der Waals surface area contributed by atoms with Gasteiger partial charge in [-0.2, -0.15) is 4.89 Å². The zero-order valence-electron chi connectivity index (χ0n) is 13.1. The van der Waals surface area contributed by atoms with Crippen LogP contribution in [-0.2, 0) is 19.6 Å². The van der Waals surface area contributed by atoms with Gasteiger partial charge in [0.15, 0.2) is 0 Å². The van der Waals surface area contributed by atoms with Crippen molar-refractivity contribution < 1.29 is 19.6 Å². The molecular weight excluding hydrogens is 268 g/mol. The van der Waals surface area contributed by atoms with Gasteiger partial charge in [-0.05, 0) is 43.6 Å². The smallest absolute Gasteiger partial charge is 0.267 e. The molecule has 5 heteroatoms. The Hall–Kier alpha value is -0.320. The van der Waals surface area contributed by atoms with Crippen LogP contribution >= 0.6 is 11.6 Å². The second-order valence-electron chi connectivity index (χ2n) is 6.69. The van der Waals surface area contributed by atoms with Gasteiger partial charge in [0.25, 0.3) is 0 Å². The van der Waals surface area contributed by atoms with Gasteiger partial charge in [0.2, 0.25) is 0 Å². The zero-order valence-corrected chi connectivity index (χ0v) is 13.9. The number of hydrogen-bond donors (Lipinski definition) is 0. The highest BCUT2D eigenvalue weighted by Crippen LogP contribution is 2.30. The molecule has 0 radical (unpaired) electrons. The van der Waals surface area contributed by atoms with Gasteiger partial charge >= 0.3 is 5.97 Å². The number of rotatable bonds is 7. The van der Waals surface area contributed by atoms with Gasteiger partial charge in [0.1, 0.15) is 10.5 Å². The van der Waals surface area contributed by atoms with E-state index >= 15 is 0 Å². The summed E-state index contributed by atoms with van der Waals surface area (Å²) in [6, 6.07) is 0. The first-order valence-corrected chi connectivity index (χ1v) is 7.09. The van der Waals surface area contributed by atoms with Crippen LogP contribution in [0.2, 0.25) is 0 Å². The molecule has 0 saturated heterocycles. The maximum Gasteiger partial charge on any atom is 0.366 e. The Bertz CT molecular complexity index is 290. The Morgan fingerprint density at radius 1 is 1.05 bits per heavy atom. The molecule has 0 aromatic carbocycles. The van der Waals surface area contributed by atoms with Crippen molar-refractivity contribution >= 4 is 17.6 Å². The third kappa shape index (κ3) is 7.14. The SMILES string of the molecule is CCC(Cl)(CC)C(=O)OOOC(C)(C)CC(C)(C)C. The second-order valence-corrected chi connectivity index (χ2v) is 7.42. The minimum atomic E-state index is -1.04. The lowest BCUT2D eigenvalue weighted by Gasteiger charge is -2.30. The van der Waals surface area contributed by atoms with Gasteiger partial charge < -0.3 is 0 Å². The highest BCUT2D eigenvalue weighted by Gasteiger charge is 2.36. The molecule has 0 aliphatic heterocycles. The molecule has 0 unspecified atom stereocenters. The first-order chi connectivity index (χ1) is 8.46. The Balaban J connectivity index is 4.26. The Morgan fingerprint density at radius 3 is 1.89 bits per heavy atom. The van der Waals surface area contributed by atoms with E-state index in [-0.39, 0.29) is 5.41 Å². The Labute approximate surface area is 121 Å². The lowest BCUT2D eigenvalue weighted by Crippen LogP contribution is -2.35. The van der Waals surface area contributed by atoms with Crippen molar-refractivity contribution in [3.63, 3.8) is 0 Å². The summed E-state index contributed by atoms with van der Waals surface area (Å²) < 4.78 is 0. The largest absolute Gasteiger partial charge is 0.366 e. The van der Waals surface area contributed by atoms with Gasteiger partial charge in [0, 0.05) is 0 Å². The highest BCUT2D eigenvalue weighted by atomic mass is 35.5. The fourth-order valence-electron chi connectivity index (χ4n) is 2.06. The van der Waals surface area contributed by atoms with Crippen molar-refractivity contribution in [3.8, 4) is 0 Å². The molecule has 0 spiro atoms. The molecule has 0 aliphatic rings. The molecule has 0 N–H and O–H groups in total. The molecule has 0 fully saturated rings. The van der Waals surface area contributed by atoms with Gasteiger partial charge in [0.05, 0.1) is 0 Å². The summed E-state index contributed by atoms with van der Waals surface area (Å²) in [5.41, 5.74) is -0.466. The maximum atomic E-state index is 11.7. The van der Waals surface area contributed by atoms with Crippen molar-refractivity contribution in [1.82, 2.24) is 0 Å². The van der Waals surface area contributed by atoms with E-state index in [1.165, 1.54) is 0 Å². The predicted octanol–water partition coefficient (Wildman–Crippen LogP) is 4.41. The first-order valence-electron chi connectivity index (χ1n) is 6.71. The number of halogens is 1. The van der Waals surface area contributed by atoms with Crippen LogP contribution in [0.5, 0.6) is 0 Å². The van der Waals surface area contributed by atoms with E-state index in [1.807, 2.05) is 27.7 Å². The molecule has 0 bridgehead atoms. The van der Waals surface area contributed by atoms with Crippen LogP contribution in [0.25, 0.3) is 0 Å². The molecule has 19 heavy (non-hydrogen) atoms. The van der Waals surface area contributed by atoms with Crippen molar-refractivity contribution in [1.29, 1.82) is 0 Å². The number of carbonyl (C=O) groups excluding carboxylic acids is 1. The maximum absolute atomic E-state index is 11.7. The molecule has 0 aliphatic carbocycles. The average Bonchev–Trinajstić information content (AvgIpc) is 2.24. The van der Waals surface area contributed by atoms with Crippen LogP contribution in [0, 0.1) is 5.41 Å². The van der Waals surface area contributed by atoms with Crippen molar-refractivity contribution in [2.24, 2.45) is 5.41 Å². The zero-order chi connectivity index (χ0) is 15.3. The fourth-order valence-corrected chi connectivity index (χ4v) is 2.09. The molecule has 0 saturated carbocycles. The summed E-state index contributed by atoms with van der Waals surface area (Å²) in [6.07, 6.45) is 1.70. The lowest BCUT2D eigenvalue weighted by molar-refractivity contribution is -0.519. The van der Waals surface area contributed by atoms with E-state index < -0.39 is 16.4 Å². The molecule has 4 nitrogen and oxygen atoms in total. The van der Waals surface area contributed by atoms with Crippen LogP contribution in [0.3, 0.4) is 0 Å². The van der Waals surface area contributed by atoms with Gasteiger partial charge in [-0.25, -0.2) is 4.79 Å².